The quantitative estimate of drug-likeness (QED) is 0.159. The lowest BCUT2D eigenvalue weighted by Gasteiger charge is -2.49. The highest BCUT2D eigenvalue weighted by Gasteiger charge is 2.49. The van der Waals surface area contributed by atoms with Crippen molar-refractivity contribution in [3.8, 4) is 0 Å². The maximum atomic E-state index is 9.33. The van der Waals surface area contributed by atoms with Gasteiger partial charge in [0.1, 0.15) is 0 Å². The molecule has 0 atom stereocenters. The van der Waals surface area contributed by atoms with Crippen molar-refractivity contribution in [2.24, 2.45) is 0 Å². The van der Waals surface area contributed by atoms with E-state index in [4.69, 9.17) is 0 Å². The summed E-state index contributed by atoms with van der Waals surface area (Å²) in [6.07, 6.45) is 6.70. The lowest BCUT2D eigenvalue weighted by molar-refractivity contribution is 0.332. The minimum absolute atomic E-state index is 0.0207. The summed E-state index contributed by atoms with van der Waals surface area (Å²) in [5, 5.41) is 2.48. The third kappa shape index (κ3) is 6.48. The molecule has 0 saturated heterocycles. The summed E-state index contributed by atoms with van der Waals surface area (Å²) < 4.78 is 30.6. The van der Waals surface area contributed by atoms with Crippen LogP contribution in [0.25, 0.3) is 20.2 Å². The maximum Gasteiger partial charge on any atom is 0.252 e. The molecule has 2 aliphatic heterocycles. The average Bonchev–Trinajstić information content (AvgIpc) is 3.69. The number of hydrogen-bond donors (Lipinski definition) is 0. The van der Waals surface area contributed by atoms with E-state index in [1.165, 1.54) is 86.9 Å². The molecule has 69 heavy (non-hydrogen) atoms. The number of hydrogen-bond acceptors (Lipinski definition) is 3. The molecule has 6 aromatic carbocycles. The van der Waals surface area contributed by atoms with Crippen molar-refractivity contribution in [1.82, 2.24) is 0 Å². The van der Waals surface area contributed by atoms with Crippen LogP contribution in [-0.4, -0.2) is 6.71 Å². The standard InChI is InChI=1S/C65H75BN2S/c1-38-31-53-57-54(32-38)68(50-24-23-42(59(2,3)4)58-56(50)40-19-17-18-20-55(40)69-58)52-37-47-45(63(11,12)28-30-65(47,15)16)35-49(52)66(57)48-34-44-46(64(13,14)29-27-62(44,9)10)36-51(48)67(53)39-21-22-41-43(33-39)61(7,8)26-25-60(41,5)6/h17-24,31-37H,25-30H2,1-16H3/i1D3. The van der Waals surface area contributed by atoms with Crippen molar-refractivity contribution in [2.75, 3.05) is 9.80 Å². The van der Waals surface area contributed by atoms with Gasteiger partial charge in [0.15, 0.2) is 0 Å². The fourth-order valence-corrected chi connectivity index (χ4v) is 15.4. The van der Waals surface area contributed by atoms with Crippen LogP contribution in [-0.2, 0) is 37.9 Å². The fourth-order valence-electron chi connectivity index (χ4n) is 14.0. The van der Waals surface area contributed by atoms with E-state index in [1.807, 2.05) is 11.3 Å². The molecular formula is C65H75BN2S. The molecule has 3 heterocycles. The summed E-state index contributed by atoms with van der Waals surface area (Å²) in [5.74, 6) is 0. The monoisotopic (exact) mass is 930 g/mol. The molecule has 5 aliphatic rings. The Hall–Kier alpha value is -4.80. The minimum atomic E-state index is -2.37. The van der Waals surface area contributed by atoms with Gasteiger partial charge in [-0.05, 0) is 193 Å². The lowest BCUT2D eigenvalue weighted by atomic mass is 9.32. The molecule has 4 heteroatoms. The summed E-state index contributed by atoms with van der Waals surface area (Å²) in [4.78, 5) is 5.06. The molecule has 0 saturated carbocycles. The summed E-state index contributed by atoms with van der Waals surface area (Å²) in [7, 11) is 0. The van der Waals surface area contributed by atoms with E-state index in [2.05, 4.69) is 205 Å². The van der Waals surface area contributed by atoms with Crippen LogP contribution in [0.3, 0.4) is 0 Å². The second kappa shape index (κ2) is 14.2. The largest absolute Gasteiger partial charge is 0.311 e. The summed E-state index contributed by atoms with van der Waals surface area (Å²) >= 11 is 1.89. The maximum absolute atomic E-state index is 9.33. The van der Waals surface area contributed by atoms with E-state index in [1.54, 1.807) is 0 Å². The van der Waals surface area contributed by atoms with Gasteiger partial charge in [-0.25, -0.2) is 0 Å². The normalized spacial score (nSPS) is 21.6. The molecule has 1 aromatic heterocycles. The van der Waals surface area contributed by atoms with E-state index in [-0.39, 0.29) is 44.6 Å². The topological polar surface area (TPSA) is 6.48 Å². The SMILES string of the molecule is [2H]C([2H])([2H])c1cc2c3c(c1)N(c1ccc(C(C)(C)C)c4sc5ccccc5c14)c1cc4c(cc1B3c1cc3c(cc1N2c1ccc2c(c1)C(C)(C)CCC2(C)C)C(C)(C)CCC3(C)C)C(C)(C)CCC4(C)C. The first-order valence-electron chi connectivity index (χ1n) is 27.7. The van der Waals surface area contributed by atoms with Gasteiger partial charge in [0.05, 0.1) is 5.69 Å². The predicted octanol–water partition coefficient (Wildman–Crippen LogP) is 16.8. The third-order valence-electron chi connectivity index (χ3n) is 18.7. The second-order valence-corrected chi connectivity index (χ2v) is 28.2. The molecular weight excluding hydrogens is 852 g/mol. The van der Waals surface area contributed by atoms with E-state index >= 15 is 0 Å². The van der Waals surface area contributed by atoms with Gasteiger partial charge >= 0.3 is 0 Å². The van der Waals surface area contributed by atoms with Gasteiger partial charge in [0.2, 0.25) is 0 Å². The first kappa shape index (κ1) is 41.9. The van der Waals surface area contributed by atoms with Crippen molar-refractivity contribution in [2.45, 2.75) is 187 Å². The highest BCUT2D eigenvalue weighted by Crippen LogP contribution is 2.56. The lowest BCUT2D eigenvalue weighted by Crippen LogP contribution is -2.62. The molecule has 2 nitrogen and oxygen atoms in total. The van der Waals surface area contributed by atoms with E-state index in [0.29, 0.717) is 5.56 Å². The van der Waals surface area contributed by atoms with Gasteiger partial charge in [-0.1, -0.05) is 146 Å². The number of rotatable bonds is 2. The average molecular weight is 930 g/mol. The molecule has 0 fully saturated rings. The summed E-state index contributed by atoms with van der Waals surface area (Å²) in [6, 6.07) is 35.5. The molecule has 3 aliphatic carbocycles. The first-order chi connectivity index (χ1) is 33.4. The zero-order chi connectivity index (χ0) is 51.4. The Morgan fingerprint density at radius 2 is 0.971 bits per heavy atom. The van der Waals surface area contributed by atoms with E-state index in [0.717, 1.165) is 61.3 Å². The molecule has 0 amide bonds. The first-order valence-corrected chi connectivity index (χ1v) is 27.0. The van der Waals surface area contributed by atoms with Gasteiger partial charge in [-0.15, -0.1) is 11.3 Å². The Bertz CT molecular complexity index is 3480. The Labute approximate surface area is 423 Å². The Kier molecular flexibility index (Phi) is 8.63. The van der Waals surface area contributed by atoms with Crippen LogP contribution < -0.4 is 26.2 Å². The minimum Gasteiger partial charge on any atom is -0.311 e. The van der Waals surface area contributed by atoms with Crippen molar-refractivity contribution < 1.29 is 4.11 Å². The molecule has 0 unspecified atom stereocenters. The van der Waals surface area contributed by atoms with Crippen LogP contribution in [0.1, 0.15) is 191 Å². The fraction of sp³-hybridized carbons (Fsp3) is 0.446. The predicted molar refractivity (Wildman–Crippen MR) is 303 cm³/mol. The highest BCUT2D eigenvalue weighted by atomic mass is 32.1. The number of anilines is 6. The Balaban J connectivity index is 1.27. The molecule has 0 N–H and O–H groups in total. The summed E-state index contributed by atoms with van der Waals surface area (Å²) in [6.45, 7) is 33.7. The van der Waals surface area contributed by atoms with E-state index < -0.39 is 6.85 Å². The zero-order valence-electron chi connectivity index (χ0n) is 47.3. The van der Waals surface area contributed by atoms with Crippen molar-refractivity contribution in [3.63, 3.8) is 0 Å². The van der Waals surface area contributed by atoms with Gasteiger partial charge < -0.3 is 9.80 Å². The zero-order valence-corrected chi connectivity index (χ0v) is 45.1. The van der Waals surface area contributed by atoms with Crippen LogP contribution >= 0.6 is 11.3 Å². The van der Waals surface area contributed by atoms with Gasteiger partial charge in [-0.3, -0.25) is 0 Å². The molecule has 354 valence electrons. The van der Waals surface area contributed by atoms with Gasteiger partial charge in [0, 0.05) is 52.7 Å². The van der Waals surface area contributed by atoms with Crippen LogP contribution in [0, 0.1) is 6.85 Å². The third-order valence-corrected chi connectivity index (χ3v) is 19.9. The van der Waals surface area contributed by atoms with Crippen molar-refractivity contribution in [3.05, 3.63) is 136 Å². The highest BCUT2D eigenvalue weighted by molar-refractivity contribution is 7.26. The number of benzene rings is 6. The molecule has 0 radical (unpaired) electrons. The second-order valence-electron chi connectivity index (χ2n) is 27.2. The smallest absolute Gasteiger partial charge is 0.252 e. The molecule has 0 bridgehead atoms. The van der Waals surface area contributed by atoms with E-state index in [9.17, 15) is 4.11 Å². The Morgan fingerprint density at radius 1 is 0.493 bits per heavy atom. The Morgan fingerprint density at radius 3 is 1.51 bits per heavy atom. The molecule has 12 rings (SSSR count). The molecule has 0 spiro atoms. The number of aryl methyl sites for hydroxylation is 1. The van der Waals surface area contributed by atoms with Crippen molar-refractivity contribution in [1.29, 1.82) is 0 Å². The number of nitrogens with zero attached hydrogens (tertiary/aromatic N) is 2. The van der Waals surface area contributed by atoms with Gasteiger partial charge in [-0.2, -0.15) is 0 Å². The van der Waals surface area contributed by atoms with Crippen molar-refractivity contribution >= 4 is 88.7 Å². The van der Waals surface area contributed by atoms with Crippen LogP contribution in [0.15, 0.2) is 91.0 Å². The van der Waals surface area contributed by atoms with Gasteiger partial charge in [0.25, 0.3) is 6.71 Å². The number of fused-ring (bicyclic) bond motifs is 10. The molecule has 7 aromatic rings. The summed E-state index contributed by atoms with van der Waals surface area (Å²) in [5.41, 5.74) is 20.3. The van der Waals surface area contributed by atoms with Crippen LogP contribution in [0.4, 0.5) is 34.1 Å². The van der Waals surface area contributed by atoms with Crippen LogP contribution in [0.2, 0.25) is 0 Å². The number of thiophene rings is 1. The van der Waals surface area contributed by atoms with Crippen LogP contribution in [0.5, 0.6) is 0 Å².